The maximum Gasteiger partial charge on any atom is 0.227 e. The molecule has 2 nitrogen and oxygen atoms in total. The van der Waals surface area contributed by atoms with E-state index in [0.717, 1.165) is 22.8 Å². The zero-order valence-electron chi connectivity index (χ0n) is 17.5. The van der Waals surface area contributed by atoms with Crippen LogP contribution in [0.5, 0.6) is 0 Å². The number of rotatable bonds is 3. The van der Waals surface area contributed by atoms with Gasteiger partial charge in [-0.1, -0.05) is 66.2 Å². The number of aryl methyl sites for hydroxylation is 2. The third kappa shape index (κ3) is 3.02. The summed E-state index contributed by atoms with van der Waals surface area (Å²) in [7, 11) is 0. The summed E-state index contributed by atoms with van der Waals surface area (Å²) in [4.78, 5) is 0. The largest absolute Gasteiger partial charge is 0.460 e. The van der Waals surface area contributed by atoms with Crippen molar-refractivity contribution >= 4 is 0 Å². The zero-order valence-corrected chi connectivity index (χ0v) is 17.5. The van der Waals surface area contributed by atoms with Crippen LogP contribution in [-0.4, -0.2) is 0 Å². The molecule has 2 aliphatic rings. The molecule has 0 saturated carbocycles. The van der Waals surface area contributed by atoms with Crippen LogP contribution in [0.3, 0.4) is 0 Å². The van der Waals surface area contributed by atoms with Gasteiger partial charge in [-0.3, -0.25) is 0 Å². The van der Waals surface area contributed by atoms with E-state index in [4.69, 9.17) is 4.42 Å². The number of nitrogens with zero attached hydrogens (tertiary/aromatic N) is 1. The molecule has 3 aromatic carbocycles. The molecular weight excluding hydrogens is 366 g/mol. The van der Waals surface area contributed by atoms with Crippen LogP contribution in [0.4, 0.5) is 0 Å². The zero-order chi connectivity index (χ0) is 20.7. The highest BCUT2D eigenvalue weighted by Gasteiger charge is 2.34. The normalized spacial score (nSPS) is 11.2. The third-order valence-electron chi connectivity index (χ3n) is 5.73. The minimum absolute atomic E-state index is 0.888. The summed E-state index contributed by atoms with van der Waals surface area (Å²) in [5, 5.41) is 0. The van der Waals surface area contributed by atoms with Gasteiger partial charge in [-0.05, 0) is 32.0 Å². The molecule has 0 amide bonds. The fourth-order valence-corrected chi connectivity index (χ4v) is 4.32. The second-order valence-electron chi connectivity index (χ2n) is 7.79. The van der Waals surface area contributed by atoms with Gasteiger partial charge < -0.3 is 4.42 Å². The average molecular weight is 391 g/mol. The van der Waals surface area contributed by atoms with Crippen LogP contribution in [0.15, 0.2) is 95.4 Å². The lowest BCUT2D eigenvalue weighted by Crippen LogP contribution is -2.33. The monoisotopic (exact) mass is 390 g/mol. The second-order valence-corrected chi connectivity index (χ2v) is 7.79. The molecule has 5 rings (SSSR count). The molecule has 3 aromatic rings. The molecule has 30 heavy (non-hydrogen) atoms. The van der Waals surface area contributed by atoms with E-state index in [-0.39, 0.29) is 0 Å². The molecule has 2 heteroatoms. The molecular formula is C28H24NO+. The Morgan fingerprint density at radius 2 is 1.27 bits per heavy atom. The van der Waals surface area contributed by atoms with E-state index in [9.17, 15) is 0 Å². The van der Waals surface area contributed by atoms with Crippen LogP contribution in [0.25, 0.3) is 39.4 Å². The molecule has 2 aliphatic heterocycles. The lowest BCUT2D eigenvalue weighted by molar-refractivity contribution is -0.586. The summed E-state index contributed by atoms with van der Waals surface area (Å²) in [6.07, 6.45) is 0. The Balaban J connectivity index is 1.87. The molecule has 146 valence electrons. The first kappa shape index (κ1) is 18.4. The quantitative estimate of drug-likeness (QED) is 0.306. The Bertz CT molecular complexity index is 1280. The SMILES string of the molecule is Cc1ccc(-[n+]2c(C)c3c(C)oc(-c4ccccc4)cc-3c2-c2ccccc2)cc1. The van der Waals surface area contributed by atoms with Crippen LogP contribution in [0.2, 0.25) is 0 Å². The fourth-order valence-electron chi connectivity index (χ4n) is 4.32. The van der Waals surface area contributed by atoms with E-state index in [2.05, 4.69) is 98.1 Å². The number of hydrogen-bond donors (Lipinski definition) is 0. The smallest absolute Gasteiger partial charge is 0.227 e. The Labute approximate surface area is 177 Å². The Kier molecular flexibility index (Phi) is 4.48. The summed E-state index contributed by atoms with van der Waals surface area (Å²) < 4.78 is 8.66. The van der Waals surface area contributed by atoms with Crippen molar-refractivity contribution in [3.63, 3.8) is 0 Å². The molecule has 0 saturated heterocycles. The highest BCUT2D eigenvalue weighted by atomic mass is 16.3. The summed E-state index contributed by atoms with van der Waals surface area (Å²) >= 11 is 0. The van der Waals surface area contributed by atoms with Gasteiger partial charge in [0, 0.05) is 30.2 Å². The van der Waals surface area contributed by atoms with Crippen LogP contribution in [-0.2, 0) is 0 Å². The van der Waals surface area contributed by atoms with Crippen molar-refractivity contribution in [3.8, 4) is 39.4 Å². The van der Waals surface area contributed by atoms with Crippen molar-refractivity contribution in [2.24, 2.45) is 0 Å². The van der Waals surface area contributed by atoms with Crippen LogP contribution in [0, 0.1) is 20.8 Å². The van der Waals surface area contributed by atoms with Crippen molar-refractivity contribution in [3.05, 3.63) is 108 Å². The van der Waals surface area contributed by atoms with Crippen molar-refractivity contribution in [2.45, 2.75) is 20.8 Å². The Hall–Kier alpha value is -3.65. The topological polar surface area (TPSA) is 17.0 Å². The van der Waals surface area contributed by atoms with Crippen molar-refractivity contribution in [2.75, 3.05) is 0 Å². The number of hydrogen-bond acceptors (Lipinski definition) is 1. The molecule has 0 N–H and O–H groups in total. The van der Waals surface area contributed by atoms with Gasteiger partial charge in [0.2, 0.25) is 11.4 Å². The molecule has 0 atom stereocenters. The van der Waals surface area contributed by atoms with E-state index in [1.54, 1.807) is 0 Å². The average Bonchev–Trinajstić information content (AvgIpc) is 3.08. The highest BCUT2D eigenvalue weighted by Crippen LogP contribution is 2.40. The van der Waals surface area contributed by atoms with Gasteiger partial charge in [-0.15, -0.1) is 0 Å². The van der Waals surface area contributed by atoms with Crippen molar-refractivity contribution in [1.29, 1.82) is 0 Å². The lowest BCUT2D eigenvalue weighted by Gasteiger charge is -2.07. The van der Waals surface area contributed by atoms with E-state index in [0.29, 0.717) is 0 Å². The predicted octanol–water partition coefficient (Wildman–Crippen LogP) is 6.92. The molecule has 0 spiro atoms. The minimum atomic E-state index is 0.888. The van der Waals surface area contributed by atoms with Crippen molar-refractivity contribution < 1.29 is 8.98 Å². The van der Waals surface area contributed by atoms with Gasteiger partial charge in [0.05, 0.1) is 11.1 Å². The van der Waals surface area contributed by atoms with Gasteiger partial charge in [0.1, 0.15) is 11.5 Å². The van der Waals surface area contributed by atoms with Crippen molar-refractivity contribution in [1.82, 2.24) is 0 Å². The molecule has 2 heterocycles. The first-order valence-electron chi connectivity index (χ1n) is 10.3. The van der Waals surface area contributed by atoms with Gasteiger partial charge in [-0.25, -0.2) is 0 Å². The highest BCUT2D eigenvalue weighted by molar-refractivity contribution is 5.85. The van der Waals surface area contributed by atoms with Crippen LogP contribution < -0.4 is 4.57 Å². The van der Waals surface area contributed by atoms with E-state index in [1.165, 1.54) is 33.6 Å². The first-order valence-corrected chi connectivity index (χ1v) is 10.3. The second kappa shape index (κ2) is 7.31. The van der Waals surface area contributed by atoms with Crippen LogP contribution >= 0.6 is 0 Å². The minimum Gasteiger partial charge on any atom is -0.460 e. The molecule has 0 unspecified atom stereocenters. The number of benzene rings is 3. The summed E-state index contributed by atoms with van der Waals surface area (Å²) in [5.41, 5.74) is 9.47. The fraction of sp³-hybridized carbons (Fsp3) is 0.107. The number of aromatic nitrogens is 1. The van der Waals surface area contributed by atoms with E-state index in [1.807, 2.05) is 18.2 Å². The Morgan fingerprint density at radius 1 is 0.667 bits per heavy atom. The molecule has 0 bridgehead atoms. The predicted molar refractivity (Wildman–Crippen MR) is 122 cm³/mol. The van der Waals surface area contributed by atoms with Gasteiger partial charge >= 0.3 is 0 Å². The summed E-state index contributed by atoms with van der Waals surface area (Å²) in [6, 6.07) is 31.8. The molecule has 0 radical (unpaired) electrons. The molecule has 0 aliphatic carbocycles. The third-order valence-corrected chi connectivity index (χ3v) is 5.73. The first-order chi connectivity index (χ1) is 14.6. The maximum atomic E-state index is 6.30. The maximum absolute atomic E-state index is 6.30. The summed E-state index contributed by atoms with van der Waals surface area (Å²) in [6.45, 7) is 6.37. The van der Waals surface area contributed by atoms with Gasteiger partial charge in [-0.2, -0.15) is 4.57 Å². The molecule has 0 aromatic heterocycles. The Morgan fingerprint density at radius 3 is 1.90 bits per heavy atom. The van der Waals surface area contributed by atoms with Gasteiger partial charge in [0.25, 0.3) is 0 Å². The standard InChI is InChI=1S/C28H24NO/c1-19-14-16-24(17-15-19)29-20(2)27-21(3)30-26(22-10-6-4-7-11-22)18-25(27)28(29)23-12-8-5-9-13-23/h4-18H,1-3H3/q+1. The lowest BCUT2D eigenvalue weighted by atomic mass is 9.99. The van der Waals surface area contributed by atoms with E-state index >= 15 is 0 Å². The van der Waals surface area contributed by atoms with Crippen LogP contribution in [0.1, 0.15) is 17.0 Å². The van der Waals surface area contributed by atoms with E-state index < -0.39 is 0 Å². The summed E-state index contributed by atoms with van der Waals surface area (Å²) in [5.74, 6) is 1.82. The number of fused-ring (bicyclic) bond motifs is 1. The van der Waals surface area contributed by atoms with Gasteiger partial charge in [0.15, 0.2) is 5.69 Å². The molecule has 0 fully saturated rings.